The molecule has 0 radical (unpaired) electrons. The molecular weight excluding hydrogens is 267 g/mol. The van der Waals surface area contributed by atoms with Gasteiger partial charge in [-0.25, -0.2) is 0 Å². The molecule has 1 unspecified atom stereocenters. The van der Waals surface area contributed by atoms with Crippen molar-refractivity contribution in [2.75, 3.05) is 6.54 Å². The smallest absolute Gasteiger partial charge is 0.391 e. The number of halogens is 3. The van der Waals surface area contributed by atoms with E-state index in [-0.39, 0.29) is 18.9 Å². The third kappa shape index (κ3) is 4.01. The first-order chi connectivity index (χ1) is 9.50. The summed E-state index contributed by atoms with van der Waals surface area (Å²) in [7, 11) is 0. The summed E-state index contributed by atoms with van der Waals surface area (Å²) in [5, 5.41) is 3.42. The molecule has 1 aromatic rings. The Morgan fingerprint density at radius 1 is 1.30 bits per heavy atom. The lowest BCUT2D eigenvalue weighted by molar-refractivity contribution is -0.184. The van der Waals surface area contributed by atoms with Crippen LogP contribution >= 0.6 is 0 Å². The van der Waals surface area contributed by atoms with E-state index < -0.39 is 12.1 Å². The van der Waals surface area contributed by atoms with Gasteiger partial charge >= 0.3 is 6.18 Å². The van der Waals surface area contributed by atoms with E-state index in [1.165, 1.54) is 0 Å². The minimum atomic E-state index is -4.02. The van der Waals surface area contributed by atoms with Crippen molar-refractivity contribution in [2.45, 2.75) is 51.2 Å². The lowest BCUT2D eigenvalue weighted by Crippen LogP contribution is -2.41. The molecule has 1 atom stereocenters. The van der Waals surface area contributed by atoms with Crippen molar-refractivity contribution < 1.29 is 17.6 Å². The highest BCUT2D eigenvalue weighted by molar-refractivity contribution is 5.08. The molecule has 1 heterocycles. The lowest BCUT2D eigenvalue weighted by Gasteiger charge is -2.35. The standard InChI is InChI=1S/C15H22F3NO/c1-2-19-14(9-11-7-8-20-10-11)12-3-5-13(6-4-12)15(16,17)18/h7-8,10,12-14,19H,2-6,9H2,1H3. The van der Waals surface area contributed by atoms with E-state index in [9.17, 15) is 13.2 Å². The molecule has 1 N–H and O–H groups in total. The van der Waals surface area contributed by atoms with Crippen LogP contribution in [0.3, 0.4) is 0 Å². The average molecular weight is 289 g/mol. The van der Waals surface area contributed by atoms with Crippen LogP contribution < -0.4 is 5.32 Å². The molecule has 1 saturated carbocycles. The largest absolute Gasteiger partial charge is 0.472 e. The average Bonchev–Trinajstić information content (AvgIpc) is 2.90. The fourth-order valence-electron chi connectivity index (χ4n) is 3.18. The second-order valence-electron chi connectivity index (χ2n) is 5.65. The maximum atomic E-state index is 12.7. The summed E-state index contributed by atoms with van der Waals surface area (Å²) in [6.07, 6.45) is 1.99. The van der Waals surface area contributed by atoms with Gasteiger partial charge in [0.2, 0.25) is 0 Å². The molecule has 114 valence electrons. The number of nitrogens with one attached hydrogen (secondary N) is 1. The Labute approximate surface area is 117 Å². The number of hydrogen-bond donors (Lipinski definition) is 1. The molecule has 5 heteroatoms. The summed E-state index contributed by atoms with van der Waals surface area (Å²) in [4.78, 5) is 0. The van der Waals surface area contributed by atoms with Crippen molar-refractivity contribution in [3.05, 3.63) is 24.2 Å². The molecule has 20 heavy (non-hydrogen) atoms. The summed E-state index contributed by atoms with van der Waals surface area (Å²) < 4.78 is 43.2. The number of furan rings is 1. The highest BCUT2D eigenvalue weighted by Gasteiger charge is 2.42. The Hall–Kier alpha value is -0.970. The maximum Gasteiger partial charge on any atom is 0.391 e. The molecule has 1 fully saturated rings. The Balaban J connectivity index is 1.91. The van der Waals surface area contributed by atoms with Crippen molar-refractivity contribution in [3.63, 3.8) is 0 Å². The predicted molar refractivity (Wildman–Crippen MR) is 71.4 cm³/mol. The number of likely N-dealkylation sites (N-methyl/N-ethyl adjacent to an activating group) is 1. The van der Waals surface area contributed by atoms with E-state index in [2.05, 4.69) is 5.32 Å². The fourth-order valence-corrected chi connectivity index (χ4v) is 3.18. The number of alkyl halides is 3. The number of hydrogen-bond acceptors (Lipinski definition) is 2. The SMILES string of the molecule is CCNC(Cc1ccoc1)C1CCC(C(F)(F)F)CC1. The zero-order valence-corrected chi connectivity index (χ0v) is 11.7. The van der Waals surface area contributed by atoms with Gasteiger partial charge in [0.05, 0.1) is 18.4 Å². The van der Waals surface area contributed by atoms with E-state index in [1.54, 1.807) is 12.5 Å². The van der Waals surface area contributed by atoms with Crippen LogP contribution in [0.1, 0.15) is 38.2 Å². The topological polar surface area (TPSA) is 25.2 Å². The maximum absolute atomic E-state index is 12.7. The van der Waals surface area contributed by atoms with E-state index in [0.717, 1.165) is 18.5 Å². The summed E-state index contributed by atoms with van der Waals surface area (Å²) in [5.74, 6) is -0.779. The van der Waals surface area contributed by atoms with Crippen LogP contribution in [0.25, 0.3) is 0 Å². The Morgan fingerprint density at radius 2 is 2.00 bits per heavy atom. The molecular formula is C15H22F3NO. The molecule has 0 spiro atoms. The normalized spacial score (nSPS) is 25.6. The molecule has 0 aliphatic heterocycles. The molecule has 2 rings (SSSR count). The van der Waals surface area contributed by atoms with E-state index >= 15 is 0 Å². The molecule has 0 amide bonds. The first kappa shape index (κ1) is 15.4. The van der Waals surface area contributed by atoms with Crippen molar-refractivity contribution >= 4 is 0 Å². The van der Waals surface area contributed by atoms with Crippen molar-refractivity contribution in [3.8, 4) is 0 Å². The first-order valence-electron chi connectivity index (χ1n) is 7.32. The van der Waals surface area contributed by atoms with Gasteiger partial charge in [-0.05, 0) is 56.2 Å². The highest BCUT2D eigenvalue weighted by Crippen LogP contribution is 2.40. The van der Waals surface area contributed by atoms with Gasteiger partial charge in [-0.3, -0.25) is 0 Å². The van der Waals surface area contributed by atoms with E-state index in [0.29, 0.717) is 18.8 Å². The fraction of sp³-hybridized carbons (Fsp3) is 0.733. The van der Waals surface area contributed by atoms with Gasteiger partial charge in [0.15, 0.2) is 0 Å². The van der Waals surface area contributed by atoms with Gasteiger partial charge in [0.25, 0.3) is 0 Å². The second-order valence-corrected chi connectivity index (χ2v) is 5.65. The van der Waals surface area contributed by atoms with Crippen LogP contribution in [0.4, 0.5) is 13.2 Å². The van der Waals surface area contributed by atoms with Gasteiger partial charge in [0.1, 0.15) is 0 Å². The van der Waals surface area contributed by atoms with Gasteiger partial charge in [-0.1, -0.05) is 6.92 Å². The second kappa shape index (κ2) is 6.66. The van der Waals surface area contributed by atoms with Gasteiger partial charge in [0, 0.05) is 6.04 Å². The van der Waals surface area contributed by atoms with Crippen molar-refractivity contribution in [1.29, 1.82) is 0 Å². The monoisotopic (exact) mass is 289 g/mol. The van der Waals surface area contributed by atoms with E-state index in [1.807, 2.05) is 13.0 Å². The highest BCUT2D eigenvalue weighted by atomic mass is 19.4. The third-order valence-corrected chi connectivity index (χ3v) is 4.31. The molecule has 0 bridgehead atoms. The Morgan fingerprint density at radius 3 is 2.50 bits per heavy atom. The third-order valence-electron chi connectivity index (χ3n) is 4.31. The Kier molecular flexibility index (Phi) is 5.13. The van der Waals surface area contributed by atoms with Crippen LogP contribution in [0.2, 0.25) is 0 Å². The summed E-state index contributed by atoms with van der Waals surface area (Å²) >= 11 is 0. The summed E-state index contributed by atoms with van der Waals surface area (Å²) in [6.45, 7) is 2.87. The quantitative estimate of drug-likeness (QED) is 0.880. The minimum Gasteiger partial charge on any atom is -0.472 e. The molecule has 2 nitrogen and oxygen atoms in total. The van der Waals surface area contributed by atoms with Crippen LogP contribution in [0.5, 0.6) is 0 Å². The van der Waals surface area contributed by atoms with Crippen molar-refractivity contribution in [1.82, 2.24) is 5.32 Å². The molecule has 1 aliphatic carbocycles. The van der Waals surface area contributed by atoms with Crippen LogP contribution in [0.15, 0.2) is 23.0 Å². The molecule has 1 aliphatic rings. The van der Waals surface area contributed by atoms with E-state index in [4.69, 9.17) is 4.42 Å². The summed E-state index contributed by atoms with van der Waals surface area (Å²) in [5.41, 5.74) is 1.11. The lowest BCUT2D eigenvalue weighted by atomic mass is 9.77. The molecule has 0 aromatic carbocycles. The van der Waals surface area contributed by atoms with Crippen LogP contribution in [-0.2, 0) is 6.42 Å². The first-order valence-corrected chi connectivity index (χ1v) is 7.32. The van der Waals surface area contributed by atoms with Gasteiger partial charge < -0.3 is 9.73 Å². The predicted octanol–water partition coefficient (Wildman–Crippen LogP) is 4.17. The zero-order valence-electron chi connectivity index (χ0n) is 11.7. The zero-order chi connectivity index (χ0) is 14.6. The minimum absolute atomic E-state index is 0.242. The van der Waals surface area contributed by atoms with Gasteiger partial charge in [-0.2, -0.15) is 13.2 Å². The molecule has 1 aromatic heterocycles. The van der Waals surface area contributed by atoms with Crippen LogP contribution in [0, 0.1) is 11.8 Å². The molecule has 0 saturated heterocycles. The summed E-state index contributed by atoms with van der Waals surface area (Å²) in [6, 6.07) is 2.16. The van der Waals surface area contributed by atoms with Crippen LogP contribution in [-0.4, -0.2) is 18.8 Å². The Bertz CT molecular complexity index is 380. The van der Waals surface area contributed by atoms with Gasteiger partial charge in [-0.15, -0.1) is 0 Å². The number of rotatable bonds is 5. The van der Waals surface area contributed by atoms with Crippen molar-refractivity contribution in [2.24, 2.45) is 11.8 Å².